The molecule has 9 heteroatoms. The van der Waals surface area contributed by atoms with Crippen LogP contribution in [0.4, 0.5) is 4.39 Å². The first kappa shape index (κ1) is 25.4. The van der Waals surface area contributed by atoms with Crippen LogP contribution in [0.1, 0.15) is 52.0 Å². The van der Waals surface area contributed by atoms with Crippen LogP contribution in [0.25, 0.3) is 0 Å². The van der Waals surface area contributed by atoms with Gasteiger partial charge < -0.3 is 19.7 Å². The molecule has 0 aromatic heterocycles. The molecular formula is C28H32FN3O5. The SMILES string of the molecule is Cc1cccc(C(=O)N2[C@H](C(=O)NC[C@@H]3CCCO3)COC23CCN(C(=O)c2ccc(F)cc2)CC3)c1. The van der Waals surface area contributed by atoms with Gasteiger partial charge in [-0.15, -0.1) is 0 Å². The first-order valence-corrected chi connectivity index (χ1v) is 12.8. The van der Waals surface area contributed by atoms with Crippen molar-refractivity contribution in [3.8, 4) is 0 Å². The molecule has 5 rings (SSSR count). The van der Waals surface area contributed by atoms with Crippen LogP contribution in [0.5, 0.6) is 0 Å². The Kier molecular flexibility index (Phi) is 7.26. The maximum Gasteiger partial charge on any atom is 0.256 e. The van der Waals surface area contributed by atoms with Crippen LogP contribution in [0.2, 0.25) is 0 Å². The molecule has 2 atom stereocenters. The predicted molar refractivity (Wildman–Crippen MR) is 133 cm³/mol. The zero-order valence-electron chi connectivity index (χ0n) is 21.0. The molecule has 0 saturated carbocycles. The lowest BCUT2D eigenvalue weighted by atomic mass is 9.95. The van der Waals surface area contributed by atoms with Gasteiger partial charge in [-0.3, -0.25) is 19.3 Å². The summed E-state index contributed by atoms with van der Waals surface area (Å²) in [4.78, 5) is 43.4. The molecular weight excluding hydrogens is 477 g/mol. The van der Waals surface area contributed by atoms with E-state index in [0.717, 1.165) is 18.4 Å². The van der Waals surface area contributed by atoms with Gasteiger partial charge in [0.05, 0.1) is 12.7 Å². The van der Waals surface area contributed by atoms with Gasteiger partial charge in [0.25, 0.3) is 11.8 Å². The van der Waals surface area contributed by atoms with E-state index >= 15 is 0 Å². The van der Waals surface area contributed by atoms with E-state index in [1.54, 1.807) is 15.9 Å². The lowest BCUT2D eigenvalue weighted by Gasteiger charge is -2.44. The molecule has 1 N–H and O–H groups in total. The molecule has 0 aliphatic carbocycles. The zero-order valence-corrected chi connectivity index (χ0v) is 21.0. The summed E-state index contributed by atoms with van der Waals surface area (Å²) in [7, 11) is 0. The molecule has 1 spiro atoms. The highest BCUT2D eigenvalue weighted by molar-refractivity contribution is 5.99. The minimum Gasteiger partial charge on any atom is -0.376 e. The van der Waals surface area contributed by atoms with Crippen molar-refractivity contribution in [2.24, 2.45) is 0 Å². The molecule has 2 aromatic carbocycles. The second-order valence-electron chi connectivity index (χ2n) is 10.00. The topological polar surface area (TPSA) is 88.2 Å². The van der Waals surface area contributed by atoms with Gasteiger partial charge in [-0.25, -0.2) is 4.39 Å². The van der Waals surface area contributed by atoms with Gasteiger partial charge in [0, 0.05) is 50.2 Å². The second-order valence-corrected chi connectivity index (χ2v) is 10.00. The van der Waals surface area contributed by atoms with E-state index in [4.69, 9.17) is 9.47 Å². The Balaban J connectivity index is 1.34. The van der Waals surface area contributed by atoms with Crippen molar-refractivity contribution in [1.82, 2.24) is 15.1 Å². The number of carbonyl (C=O) groups is 3. The number of nitrogens with zero attached hydrogens (tertiary/aromatic N) is 2. The van der Waals surface area contributed by atoms with E-state index in [9.17, 15) is 18.8 Å². The average molecular weight is 510 g/mol. The Labute approximate surface area is 215 Å². The number of nitrogens with one attached hydrogen (secondary N) is 1. The number of aryl methyl sites for hydroxylation is 1. The Bertz CT molecular complexity index is 1160. The lowest BCUT2D eigenvalue weighted by Crippen LogP contribution is -2.60. The largest absolute Gasteiger partial charge is 0.376 e. The van der Waals surface area contributed by atoms with Gasteiger partial charge in [-0.2, -0.15) is 0 Å². The maximum absolute atomic E-state index is 13.8. The minimum atomic E-state index is -0.994. The van der Waals surface area contributed by atoms with Crippen LogP contribution in [-0.4, -0.2) is 78.2 Å². The van der Waals surface area contributed by atoms with Crippen LogP contribution in [0.3, 0.4) is 0 Å². The molecule has 3 saturated heterocycles. The zero-order chi connectivity index (χ0) is 26.0. The van der Waals surface area contributed by atoms with Crippen LogP contribution in [0, 0.1) is 12.7 Å². The third-order valence-corrected chi connectivity index (χ3v) is 7.50. The quantitative estimate of drug-likeness (QED) is 0.670. The van der Waals surface area contributed by atoms with E-state index in [-0.39, 0.29) is 30.4 Å². The maximum atomic E-state index is 13.8. The molecule has 3 fully saturated rings. The highest BCUT2D eigenvalue weighted by Crippen LogP contribution is 2.39. The van der Waals surface area contributed by atoms with Crippen LogP contribution in [0.15, 0.2) is 48.5 Å². The Hall–Kier alpha value is -3.30. The summed E-state index contributed by atoms with van der Waals surface area (Å²) in [5.74, 6) is -1.13. The number of ether oxygens (including phenoxy) is 2. The van der Waals surface area contributed by atoms with Crippen LogP contribution >= 0.6 is 0 Å². The standard InChI is InChI=1S/C28H32FN3O5/c1-19-4-2-5-21(16-19)27(35)32-24(25(33)30-17-23-6-3-15-36-23)18-37-28(32)11-13-31(14-12-28)26(34)20-7-9-22(29)10-8-20/h2,4-5,7-10,16,23-24H,3,6,11-15,17-18H2,1H3,(H,30,33)/t23-,24-/m0/s1. The Morgan fingerprint density at radius 2 is 1.81 bits per heavy atom. The van der Waals surface area contributed by atoms with Gasteiger partial charge >= 0.3 is 0 Å². The van der Waals surface area contributed by atoms with Gasteiger partial charge in [0.2, 0.25) is 5.91 Å². The summed E-state index contributed by atoms with van der Waals surface area (Å²) >= 11 is 0. The van der Waals surface area contributed by atoms with Crippen molar-refractivity contribution < 1.29 is 28.2 Å². The molecule has 2 aromatic rings. The number of piperidine rings is 1. The van der Waals surface area contributed by atoms with E-state index in [1.165, 1.54) is 24.3 Å². The second kappa shape index (κ2) is 10.6. The molecule has 0 bridgehead atoms. The summed E-state index contributed by atoms with van der Waals surface area (Å²) in [6.07, 6.45) is 2.60. The first-order valence-electron chi connectivity index (χ1n) is 12.8. The summed E-state index contributed by atoms with van der Waals surface area (Å²) in [6.45, 7) is 3.78. The van der Waals surface area contributed by atoms with Gasteiger partial charge in [0.15, 0.2) is 0 Å². The number of halogens is 1. The lowest BCUT2D eigenvalue weighted by molar-refractivity contribution is -0.128. The van der Waals surface area contributed by atoms with Crippen molar-refractivity contribution in [2.75, 3.05) is 32.8 Å². The highest BCUT2D eigenvalue weighted by atomic mass is 19.1. The van der Waals surface area contributed by atoms with Crippen molar-refractivity contribution in [3.05, 3.63) is 71.0 Å². The van der Waals surface area contributed by atoms with Gasteiger partial charge in [-0.05, 0) is 56.2 Å². The molecule has 3 heterocycles. The number of benzene rings is 2. The highest BCUT2D eigenvalue weighted by Gasteiger charge is 2.54. The number of rotatable bonds is 5. The molecule has 8 nitrogen and oxygen atoms in total. The van der Waals surface area contributed by atoms with E-state index in [1.807, 2.05) is 25.1 Å². The molecule has 3 aliphatic rings. The number of carbonyl (C=O) groups excluding carboxylic acids is 3. The molecule has 0 unspecified atom stereocenters. The monoisotopic (exact) mass is 509 g/mol. The van der Waals surface area contributed by atoms with Gasteiger partial charge in [0.1, 0.15) is 17.6 Å². The number of hydrogen-bond acceptors (Lipinski definition) is 5. The molecule has 0 radical (unpaired) electrons. The summed E-state index contributed by atoms with van der Waals surface area (Å²) in [6, 6.07) is 12.0. The third kappa shape index (κ3) is 5.24. The van der Waals surface area contributed by atoms with Crippen molar-refractivity contribution in [1.29, 1.82) is 0 Å². The van der Waals surface area contributed by atoms with Gasteiger partial charge in [-0.1, -0.05) is 17.7 Å². The predicted octanol–water partition coefficient (Wildman–Crippen LogP) is 2.90. The van der Waals surface area contributed by atoms with Crippen molar-refractivity contribution in [2.45, 2.75) is 50.5 Å². The smallest absolute Gasteiger partial charge is 0.256 e. The number of likely N-dealkylation sites (tertiary alicyclic amines) is 1. The molecule has 196 valence electrons. The fraction of sp³-hybridized carbons (Fsp3) is 0.464. The van der Waals surface area contributed by atoms with Crippen molar-refractivity contribution in [3.63, 3.8) is 0 Å². The third-order valence-electron chi connectivity index (χ3n) is 7.50. The normalized spacial score (nSPS) is 22.9. The molecule has 37 heavy (non-hydrogen) atoms. The Morgan fingerprint density at radius 1 is 1.05 bits per heavy atom. The van der Waals surface area contributed by atoms with E-state index in [2.05, 4.69) is 5.32 Å². The average Bonchev–Trinajstić information content (AvgIpc) is 3.56. The number of amides is 3. The fourth-order valence-corrected chi connectivity index (χ4v) is 5.46. The fourth-order valence-electron chi connectivity index (χ4n) is 5.46. The summed E-state index contributed by atoms with van der Waals surface area (Å²) in [5.41, 5.74) is 0.848. The Morgan fingerprint density at radius 3 is 2.49 bits per heavy atom. The minimum absolute atomic E-state index is 0.0122. The van der Waals surface area contributed by atoms with E-state index in [0.29, 0.717) is 50.2 Å². The molecule has 3 amide bonds. The number of hydrogen-bond donors (Lipinski definition) is 1. The van der Waals surface area contributed by atoms with E-state index < -0.39 is 17.6 Å². The summed E-state index contributed by atoms with van der Waals surface area (Å²) in [5, 5.41) is 2.96. The first-order chi connectivity index (χ1) is 17.9. The summed E-state index contributed by atoms with van der Waals surface area (Å²) < 4.78 is 25.2. The van der Waals surface area contributed by atoms with Crippen LogP contribution < -0.4 is 5.32 Å². The van der Waals surface area contributed by atoms with Crippen LogP contribution in [-0.2, 0) is 14.3 Å². The van der Waals surface area contributed by atoms with Crippen molar-refractivity contribution >= 4 is 17.7 Å². The molecule has 3 aliphatic heterocycles.